The van der Waals surface area contributed by atoms with Crippen LogP contribution in [0.1, 0.15) is 30.1 Å². The highest BCUT2D eigenvalue weighted by Gasteiger charge is 2.15. The summed E-state index contributed by atoms with van der Waals surface area (Å²) in [6, 6.07) is 7.13. The fourth-order valence-corrected chi connectivity index (χ4v) is 2.55. The van der Waals surface area contributed by atoms with E-state index in [0.717, 1.165) is 25.6 Å². The SMILES string of the molecule is CCNC(=NCCNC(=O)c1cccc(OC)c1)N1CCCC1. The highest BCUT2D eigenvalue weighted by molar-refractivity contribution is 5.94. The molecule has 1 aromatic rings. The number of benzene rings is 1. The van der Waals surface area contributed by atoms with Gasteiger partial charge in [-0.1, -0.05) is 6.07 Å². The molecular weight excluding hydrogens is 292 g/mol. The van der Waals surface area contributed by atoms with Crippen molar-refractivity contribution in [1.29, 1.82) is 0 Å². The van der Waals surface area contributed by atoms with Crippen molar-refractivity contribution < 1.29 is 9.53 Å². The second-order valence-corrected chi connectivity index (χ2v) is 5.42. The fraction of sp³-hybridized carbons (Fsp3) is 0.529. The van der Waals surface area contributed by atoms with Crippen molar-refractivity contribution in [1.82, 2.24) is 15.5 Å². The van der Waals surface area contributed by atoms with E-state index in [1.54, 1.807) is 19.2 Å². The summed E-state index contributed by atoms with van der Waals surface area (Å²) < 4.78 is 5.13. The summed E-state index contributed by atoms with van der Waals surface area (Å²) in [6.45, 7) is 6.11. The number of aliphatic imine (C=N–C) groups is 1. The van der Waals surface area contributed by atoms with Crippen molar-refractivity contribution >= 4 is 11.9 Å². The van der Waals surface area contributed by atoms with E-state index in [2.05, 4.69) is 27.4 Å². The third-order valence-electron chi connectivity index (χ3n) is 3.73. The van der Waals surface area contributed by atoms with Crippen molar-refractivity contribution in [3.63, 3.8) is 0 Å². The average Bonchev–Trinajstić information content (AvgIpc) is 3.12. The molecule has 6 heteroatoms. The number of ether oxygens (including phenoxy) is 1. The van der Waals surface area contributed by atoms with Crippen molar-refractivity contribution in [3.8, 4) is 5.75 Å². The van der Waals surface area contributed by atoms with Crippen LogP contribution in [0, 0.1) is 0 Å². The zero-order valence-corrected chi connectivity index (χ0v) is 14.0. The van der Waals surface area contributed by atoms with E-state index in [9.17, 15) is 4.79 Å². The van der Waals surface area contributed by atoms with Gasteiger partial charge in [0.1, 0.15) is 5.75 Å². The van der Waals surface area contributed by atoms with Crippen LogP contribution in [0.5, 0.6) is 5.75 Å². The Kier molecular flexibility index (Phi) is 6.72. The number of guanidine groups is 1. The predicted octanol–water partition coefficient (Wildman–Crippen LogP) is 1.49. The Labute approximate surface area is 137 Å². The summed E-state index contributed by atoms with van der Waals surface area (Å²) in [7, 11) is 1.59. The van der Waals surface area contributed by atoms with Gasteiger partial charge in [-0.2, -0.15) is 0 Å². The molecule has 6 nitrogen and oxygen atoms in total. The lowest BCUT2D eigenvalue weighted by atomic mass is 10.2. The van der Waals surface area contributed by atoms with E-state index in [1.807, 2.05) is 12.1 Å². The molecular formula is C17H26N4O2. The van der Waals surface area contributed by atoms with Gasteiger partial charge in [0.2, 0.25) is 0 Å². The van der Waals surface area contributed by atoms with E-state index in [4.69, 9.17) is 4.74 Å². The zero-order chi connectivity index (χ0) is 16.5. The van der Waals surface area contributed by atoms with Gasteiger partial charge in [0.15, 0.2) is 5.96 Å². The van der Waals surface area contributed by atoms with E-state index in [1.165, 1.54) is 12.8 Å². The third-order valence-corrected chi connectivity index (χ3v) is 3.73. The van der Waals surface area contributed by atoms with Crippen LogP contribution < -0.4 is 15.4 Å². The summed E-state index contributed by atoms with van der Waals surface area (Å²) in [5, 5.41) is 6.20. The molecule has 0 aliphatic carbocycles. The van der Waals surface area contributed by atoms with E-state index < -0.39 is 0 Å². The minimum Gasteiger partial charge on any atom is -0.497 e. The first kappa shape index (κ1) is 17.1. The van der Waals surface area contributed by atoms with Crippen LogP contribution in [-0.4, -0.2) is 56.6 Å². The first-order valence-electron chi connectivity index (χ1n) is 8.20. The maximum Gasteiger partial charge on any atom is 0.251 e. The van der Waals surface area contributed by atoms with Crippen LogP contribution in [0.15, 0.2) is 29.3 Å². The molecule has 1 aliphatic heterocycles. The molecule has 1 aliphatic rings. The van der Waals surface area contributed by atoms with Gasteiger partial charge < -0.3 is 20.3 Å². The molecule has 2 N–H and O–H groups in total. The molecule has 0 aromatic heterocycles. The fourth-order valence-electron chi connectivity index (χ4n) is 2.55. The number of amides is 1. The highest BCUT2D eigenvalue weighted by Crippen LogP contribution is 2.12. The Morgan fingerprint density at radius 3 is 2.78 bits per heavy atom. The minimum absolute atomic E-state index is 0.106. The van der Waals surface area contributed by atoms with E-state index in [-0.39, 0.29) is 5.91 Å². The quantitative estimate of drug-likeness (QED) is 0.474. The van der Waals surface area contributed by atoms with Crippen molar-refractivity contribution in [2.45, 2.75) is 19.8 Å². The Balaban J connectivity index is 1.82. The number of hydrogen-bond acceptors (Lipinski definition) is 3. The van der Waals surface area contributed by atoms with Crippen LogP contribution in [0.4, 0.5) is 0 Å². The maximum absolute atomic E-state index is 12.1. The molecule has 1 amide bonds. The van der Waals surface area contributed by atoms with E-state index in [0.29, 0.717) is 24.4 Å². The molecule has 0 unspecified atom stereocenters. The summed E-state index contributed by atoms with van der Waals surface area (Å²) in [5.74, 6) is 1.52. The molecule has 0 spiro atoms. The van der Waals surface area contributed by atoms with Gasteiger partial charge in [-0.05, 0) is 38.0 Å². The summed E-state index contributed by atoms with van der Waals surface area (Å²) >= 11 is 0. The Bertz CT molecular complexity index is 539. The van der Waals surface area contributed by atoms with Gasteiger partial charge in [0.25, 0.3) is 5.91 Å². The van der Waals surface area contributed by atoms with Gasteiger partial charge >= 0.3 is 0 Å². The van der Waals surface area contributed by atoms with Crippen LogP contribution in [-0.2, 0) is 0 Å². The minimum atomic E-state index is -0.106. The lowest BCUT2D eigenvalue weighted by Gasteiger charge is -2.20. The number of nitrogens with one attached hydrogen (secondary N) is 2. The lowest BCUT2D eigenvalue weighted by molar-refractivity contribution is 0.0954. The standard InChI is InChI=1S/C17H26N4O2/c1-3-18-17(21-11-4-5-12-21)20-10-9-19-16(22)14-7-6-8-15(13-14)23-2/h6-8,13H,3-5,9-12H2,1-2H3,(H,18,20)(H,19,22). The molecule has 0 atom stereocenters. The summed E-state index contributed by atoms with van der Waals surface area (Å²) in [5.41, 5.74) is 0.597. The molecule has 1 heterocycles. The van der Waals surface area contributed by atoms with Gasteiger partial charge in [0.05, 0.1) is 13.7 Å². The largest absolute Gasteiger partial charge is 0.497 e. The van der Waals surface area contributed by atoms with Crippen molar-refractivity contribution in [2.24, 2.45) is 4.99 Å². The average molecular weight is 318 g/mol. The number of hydrogen-bond donors (Lipinski definition) is 2. The number of methoxy groups -OCH3 is 1. The summed E-state index contributed by atoms with van der Waals surface area (Å²) in [4.78, 5) is 19.0. The van der Waals surface area contributed by atoms with E-state index >= 15 is 0 Å². The van der Waals surface area contributed by atoms with Crippen LogP contribution >= 0.6 is 0 Å². The second-order valence-electron chi connectivity index (χ2n) is 5.42. The third kappa shape index (κ3) is 5.16. The highest BCUT2D eigenvalue weighted by atomic mass is 16.5. The number of rotatable bonds is 6. The van der Waals surface area contributed by atoms with Crippen LogP contribution in [0.25, 0.3) is 0 Å². The molecule has 0 radical (unpaired) electrons. The lowest BCUT2D eigenvalue weighted by Crippen LogP contribution is -2.40. The number of carbonyl (C=O) groups is 1. The van der Waals surface area contributed by atoms with Gasteiger partial charge in [-0.25, -0.2) is 0 Å². The molecule has 0 saturated carbocycles. The van der Waals surface area contributed by atoms with Gasteiger partial charge in [-0.15, -0.1) is 0 Å². The number of nitrogens with zero attached hydrogens (tertiary/aromatic N) is 2. The number of likely N-dealkylation sites (tertiary alicyclic amines) is 1. The molecule has 2 rings (SSSR count). The van der Waals surface area contributed by atoms with Crippen molar-refractivity contribution in [3.05, 3.63) is 29.8 Å². The van der Waals surface area contributed by atoms with Gasteiger partial charge in [-0.3, -0.25) is 9.79 Å². The molecule has 23 heavy (non-hydrogen) atoms. The Morgan fingerprint density at radius 2 is 2.09 bits per heavy atom. The Hall–Kier alpha value is -2.24. The second kappa shape index (κ2) is 9.02. The Morgan fingerprint density at radius 1 is 1.30 bits per heavy atom. The first-order valence-corrected chi connectivity index (χ1v) is 8.20. The summed E-state index contributed by atoms with van der Waals surface area (Å²) in [6.07, 6.45) is 2.44. The van der Waals surface area contributed by atoms with Crippen LogP contribution in [0.3, 0.4) is 0 Å². The van der Waals surface area contributed by atoms with Crippen LogP contribution in [0.2, 0.25) is 0 Å². The monoisotopic (exact) mass is 318 g/mol. The smallest absolute Gasteiger partial charge is 0.251 e. The topological polar surface area (TPSA) is 66.0 Å². The molecule has 1 aromatic carbocycles. The van der Waals surface area contributed by atoms with Gasteiger partial charge in [0, 0.05) is 31.7 Å². The molecule has 1 fully saturated rings. The molecule has 126 valence electrons. The van der Waals surface area contributed by atoms with Crippen molar-refractivity contribution in [2.75, 3.05) is 39.8 Å². The molecule has 1 saturated heterocycles. The first-order chi connectivity index (χ1) is 11.2. The zero-order valence-electron chi connectivity index (χ0n) is 14.0. The number of carbonyl (C=O) groups excluding carboxylic acids is 1. The maximum atomic E-state index is 12.1. The normalized spacial score (nSPS) is 14.7. The molecule has 0 bridgehead atoms. The predicted molar refractivity (Wildman–Crippen MR) is 92.1 cm³/mol.